The van der Waals surface area contributed by atoms with Gasteiger partial charge in [-0.2, -0.15) is 0 Å². The molecule has 0 spiro atoms. The topological polar surface area (TPSA) is 73.1 Å². The van der Waals surface area contributed by atoms with Gasteiger partial charge < -0.3 is 5.73 Å². The van der Waals surface area contributed by atoms with Crippen LogP contribution in [0.5, 0.6) is 0 Å². The lowest BCUT2D eigenvalue weighted by Crippen LogP contribution is -2.13. The Morgan fingerprint density at radius 3 is 2.54 bits per heavy atom. The summed E-state index contributed by atoms with van der Waals surface area (Å²) >= 11 is 0. The van der Waals surface area contributed by atoms with Crippen molar-refractivity contribution < 1.29 is 9.59 Å². The number of nitrogens with two attached hydrogens (primary N) is 1. The minimum Gasteiger partial charge on any atom is -0.364 e. The lowest BCUT2D eigenvalue weighted by Gasteiger charge is -1.97. The van der Waals surface area contributed by atoms with E-state index in [4.69, 9.17) is 5.73 Å². The summed E-state index contributed by atoms with van der Waals surface area (Å²) in [7, 11) is 0. The first-order valence-corrected chi connectivity index (χ1v) is 3.84. The molecule has 2 N–H and O–H groups in total. The number of aromatic nitrogens is 1. The van der Waals surface area contributed by atoms with E-state index >= 15 is 0 Å². The molecule has 0 aromatic carbocycles. The van der Waals surface area contributed by atoms with Crippen LogP contribution in [0.1, 0.15) is 23.0 Å². The Labute approximate surface area is 75.8 Å². The fraction of sp³-hybridized carbons (Fsp3) is 0.222. The van der Waals surface area contributed by atoms with Gasteiger partial charge in [0.05, 0.1) is 0 Å². The molecule has 0 radical (unpaired) electrons. The Morgan fingerprint density at radius 1 is 1.46 bits per heavy atom. The maximum absolute atomic E-state index is 10.7. The van der Waals surface area contributed by atoms with Crippen LogP contribution in [0.3, 0.4) is 0 Å². The number of amides is 1. The van der Waals surface area contributed by atoms with Gasteiger partial charge >= 0.3 is 0 Å². The van der Waals surface area contributed by atoms with E-state index < -0.39 is 5.91 Å². The SMILES string of the molecule is CC(=O)Cc1ccc(C(N)=O)nc1. The monoisotopic (exact) mass is 178 g/mol. The number of hydrogen-bond acceptors (Lipinski definition) is 3. The molecule has 0 bridgehead atoms. The summed E-state index contributed by atoms with van der Waals surface area (Å²) in [5.74, 6) is -0.497. The zero-order valence-electron chi connectivity index (χ0n) is 7.28. The van der Waals surface area contributed by atoms with Crippen LogP contribution in [-0.2, 0) is 11.2 Å². The molecule has 1 heterocycles. The molecule has 0 aliphatic carbocycles. The van der Waals surface area contributed by atoms with Crippen LogP contribution in [0, 0.1) is 0 Å². The second kappa shape index (κ2) is 3.80. The average Bonchev–Trinajstić information content (AvgIpc) is 2.04. The summed E-state index contributed by atoms with van der Waals surface area (Å²) in [6.07, 6.45) is 1.83. The molecule has 0 saturated carbocycles. The summed E-state index contributed by atoms with van der Waals surface area (Å²) < 4.78 is 0. The van der Waals surface area contributed by atoms with E-state index in [0.717, 1.165) is 5.56 Å². The van der Waals surface area contributed by atoms with Crippen LogP contribution < -0.4 is 5.73 Å². The van der Waals surface area contributed by atoms with Crippen LogP contribution >= 0.6 is 0 Å². The molecule has 1 amide bonds. The number of nitrogens with zero attached hydrogens (tertiary/aromatic N) is 1. The van der Waals surface area contributed by atoms with Gasteiger partial charge in [-0.1, -0.05) is 6.07 Å². The molecule has 68 valence electrons. The van der Waals surface area contributed by atoms with Crippen molar-refractivity contribution in [3.05, 3.63) is 29.6 Å². The maximum Gasteiger partial charge on any atom is 0.267 e. The van der Waals surface area contributed by atoms with Crippen LogP contribution in [0.15, 0.2) is 18.3 Å². The number of ketones is 1. The highest BCUT2D eigenvalue weighted by atomic mass is 16.1. The van der Waals surface area contributed by atoms with Gasteiger partial charge in [0.1, 0.15) is 11.5 Å². The molecule has 4 heteroatoms. The summed E-state index contributed by atoms with van der Waals surface area (Å²) in [6, 6.07) is 3.19. The smallest absolute Gasteiger partial charge is 0.267 e. The van der Waals surface area contributed by atoms with Crippen LogP contribution in [-0.4, -0.2) is 16.7 Å². The number of Topliss-reactive ketones (excluding diaryl/α,β-unsaturated/α-hetero) is 1. The third-order valence-electron chi connectivity index (χ3n) is 1.53. The predicted molar refractivity (Wildman–Crippen MR) is 47.1 cm³/mol. The van der Waals surface area contributed by atoms with E-state index in [9.17, 15) is 9.59 Å². The largest absolute Gasteiger partial charge is 0.364 e. The number of carbonyl (C=O) groups is 2. The molecular formula is C9H10N2O2. The van der Waals surface area contributed by atoms with E-state index in [-0.39, 0.29) is 11.5 Å². The maximum atomic E-state index is 10.7. The van der Waals surface area contributed by atoms with Gasteiger partial charge in [-0.05, 0) is 18.6 Å². The fourth-order valence-electron chi connectivity index (χ4n) is 0.962. The highest BCUT2D eigenvalue weighted by Crippen LogP contribution is 2.01. The van der Waals surface area contributed by atoms with Crippen molar-refractivity contribution in [1.82, 2.24) is 4.98 Å². The van der Waals surface area contributed by atoms with Gasteiger partial charge in [0, 0.05) is 12.6 Å². The zero-order chi connectivity index (χ0) is 9.84. The molecule has 0 aliphatic rings. The summed E-state index contributed by atoms with van der Waals surface area (Å²) in [6.45, 7) is 1.50. The van der Waals surface area contributed by atoms with E-state index in [0.29, 0.717) is 6.42 Å². The van der Waals surface area contributed by atoms with Crippen LogP contribution in [0.2, 0.25) is 0 Å². The Bertz CT molecular complexity index is 330. The molecule has 0 fully saturated rings. The minimum absolute atomic E-state index is 0.0635. The van der Waals surface area contributed by atoms with Crippen molar-refractivity contribution in [1.29, 1.82) is 0 Å². The number of hydrogen-bond donors (Lipinski definition) is 1. The minimum atomic E-state index is -0.561. The second-order valence-electron chi connectivity index (χ2n) is 2.79. The molecule has 4 nitrogen and oxygen atoms in total. The molecule has 13 heavy (non-hydrogen) atoms. The van der Waals surface area contributed by atoms with Gasteiger partial charge in [0.2, 0.25) is 0 Å². The molecule has 0 saturated heterocycles. The first kappa shape index (κ1) is 9.38. The number of rotatable bonds is 3. The van der Waals surface area contributed by atoms with Gasteiger partial charge in [-0.3, -0.25) is 14.6 Å². The number of pyridine rings is 1. The molecule has 0 atom stereocenters. The fourth-order valence-corrected chi connectivity index (χ4v) is 0.962. The number of primary amides is 1. The lowest BCUT2D eigenvalue weighted by atomic mass is 10.1. The van der Waals surface area contributed by atoms with Crippen molar-refractivity contribution >= 4 is 11.7 Å². The standard InChI is InChI=1S/C9H10N2O2/c1-6(12)4-7-2-3-8(9(10)13)11-5-7/h2-3,5H,4H2,1H3,(H2,10,13). The Morgan fingerprint density at radius 2 is 2.15 bits per heavy atom. The molecular weight excluding hydrogens is 168 g/mol. The average molecular weight is 178 g/mol. The quantitative estimate of drug-likeness (QED) is 0.724. The van der Waals surface area contributed by atoms with E-state index in [1.807, 2.05) is 0 Å². The van der Waals surface area contributed by atoms with Crippen molar-refractivity contribution in [3.63, 3.8) is 0 Å². The molecule has 0 aliphatic heterocycles. The van der Waals surface area contributed by atoms with Gasteiger partial charge in [0.25, 0.3) is 5.91 Å². The summed E-state index contributed by atoms with van der Waals surface area (Å²) in [5, 5.41) is 0. The highest BCUT2D eigenvalue weighted by molar-refractivity contribution is 5.90. The van der Waals surface area contributed by atoms with Crippen LogP contribution in [0.25, 0.3) is 0 Å². The molecule has 1 rings (SSSR count). The van der Waals surface area contributed by atoms with Crippen molar-refractivity contribution in [3.8, 4) is 0 Å². The highest BCUT2D eigenvalue weighted by Gasteiger charge is 2.02. The van der Waals surface area contributed by atoms with Gasteiger partial charge in [-0.25, -0.2) is 0 Å². The lowest BCUT2D eigenvalue weighted by molar-refractivity contribution is -0.116. The first-order chi connectivity index (χ1) is 6.09. The first-order valence-electron chi connectivity index (χ1n) is 3.84. The van der Waals surface area contributed by atoms with Gasteiger partial charge in [-0.15, -0.1) is 0 Å². The zero-order valence-corrected chi connectivity index (χ0v) is 7.28. The predicted octanol–water partition coefficient (Wildman–Crippen LogP) is 0.312. The third kappa shape index (κ3) is 2.66. The third-order valence-corrected chi connectivity index (χ3v) is 1.53. The Hall–Kier alpha value is -1.71. The van der Waals surface area contributed by atoms with E-state index in [1.165, 1.54) is 19.2 Å². The molecule has 0 unspecified atom stereocenters. The summed E-state index contributed by atoms with van der Waals surface area (Å²) in [4.78, 5) is 25.1. The Balaban J connectivity index is 2.81. The normalized spacial score (nSPS) is 9.62. The van der Waals surface area contributed by atoms with E-state index in [1.54, 1.807) is 6.07 Å². The van der Waals surface area contributed by atoms with Crippen molar-refractivity contribution in [2.24, 2.45) is 5.73 Å². The number of carbonyl (C=O) groups excluding carboxylic acids is 2. The van der Waals surface area contributed by atoms with Crippen LogP contribution in [0.4, 0.5) is 0 Å². The van der Waals surface area contributed by atoms with Crippen molar-refractivity contribution in [2.75, 3.05) is 0 Å². The molecule has 1 aromatic heterocycles. The van der Waals surface area contributed by atoms with E-state index in [2.05, 4.69) is 4.98 Å². The van der Waals surface area contributed by atoms with Gasteiger partial charge in [0.15, 0.2) is 0 Å². The second-order valence-corrected chi connectivity index (χ2v) is 2.79. The Kier molecular flexibility index (Phi) is 2.74. The molecule has 1 aromatic rings. The van der Waals surface area contributed by atoms with Crippen molar-refractivity contribution in [2.45, 2.75) is 13.3 Å². The summed E-state index contributed by atoms with van der Waals surface area (Å²) in [5.41, 5.74) is 6.00.